The van der Waals surface area contributed by atoms with Crippen LogP contribution in [0.3, 0.4) is 0 Å². The third-order valence-electron chi connectivity index (χ3n) is 4.11. The minimum atomic E-state index is -0.229. The summed E-state index contributed by atoms with van der Waals surface area (Å²) in [6.45, 7) is 0.938. The average Bonchev–Trinajstić information content (AvgIpc) is 3.11. The molecule has 2 aromatic heterocycles. The quantitative estimate of drug-likeness (QED) is 0.355. The molecule has 1 aromatic carbocycles. The van der Waals surface area contributed by atoms with Crippen molar-refractivity contribution >= 4 is 51.1 Å². The fraction of sp³-hybridized carbons (Fsp3) is 0.235. The van der Waals surface area contributed by atoms with Gasteiger partial charge in [0.1, 0.15) is 17.4 Å². The summed E-state index contributed by atoms with van der Waals surface area (Å²) >= 11 is 3.70. The number of benzene rings is 1. The molecule has 0 aliphatic carbocycles. The van der Waals surface area contributed by atoms with Gasteiger partial charge in [0.05, 0.1) is 21.1 Å². The van der Waals surface area contributed by atoms with Gasteiger partial charge in [0.25, 0.3) is 0 Å². The molecule has 0 atom stereocenters. The van der Waals surface area contributed by atoms with E-state index in [1.807, 2.05) is 6.26 Å². The summed E-state index contributed by atoms with van der Waals surface area (Å²) < 4.78 is 20.8. The van der Waals surface area contributed by atoms with Crippen molar-refractivity contribution in [3.63, 3.8) is 0 Å². The van der Waals surface area contributed by atoms with E-state index in [1.165, 1.54) is 17.8 Å². The largest absolute Gasteiger partial charge is 0.493 e. The van der Waals surface area contributed by atoms with Crippen molar-refractivity contribution in [1.82, 2.24) is 15.0 Å². The second kappa shape index (κ2) is 6.91. The molecule has 25 heavy (non-hydrogen) atoms. The highest BCUT2D eigenvalue weighted by molar-refractivity contribution is 14.1. The lowest BCUT2D eigenvalue weighted by atomic mass is 10.0. The van der Waals surface area contributed by atoms with Crippen molar-refractivity contribution in [2.24, 2.45) is 0 Å². The molecular formula is C17H14FIN4OS. The molecule has 0 saturated heterocycles. The molecule has 0 spiro atoms. The number of aromatic nitrogens is 3. The number of hydrogen-bond acceptors (Lipinski definition) is 6. The lowest BCUT2D eigenvalue weighted by molar-refractivity contribution is 0.356. The van der Waals surface area contributed by atoms with Crippen LogP contribution in [0.2, 0.25) is 0 Å². The third-order valence-corrected chi connectivity index (χ3v) is 5.46. The van der Waals surface area contributed by atoms with Crippen molar-refractivity contribution in [3.8, 4) is 5.75 Å². The number of halogens is 2. The molecule has 128 valence electrons. The maximum absolute atomic E-state index is 14.3. The van der Waals surface area contributed by atoms with E-state index >= 15 is 0 Å². The number of ether oxygens (including phenoxy) is 1. The molecule has 0 saturated carbocycles. The Morgan fingerprint density at radius 1 is 1.32 bits per heavy atom. The summed E-state index contributed by atoms with van der Waals surface area (Å²) in [6.07, 6.45) is 6.19. The number of thioether (sulfide) groups is 1. The van der Waals surface area contributed by atoms with Gasteiger partial charge in [0, 0.05) is 36.5 Å². The van der Waals surface area contributed by atoms with Crippen molar-refractivity contribution in [1.29, 1.82) is 0 Å². The molecule has 1 aliphatic heterocycles. The van der Waals surface area contributed by atoms with Crippen LogP contribution in [0.25, 0.3) is 10.9 Å². The first-order valence-electron chi connectivity index (χ1n) is 7.69. The van der Waals surface area contributed by atoms with E-state index in [1.54, 1.807) is 18.5 Å². The minimum Gasteiger partial charge on any atom is -0.493 e. The number of rotatable bonds is 4. The van der Waals surface area contributed by atoms with Gasteiger partial charge >= 0.3 is 0 Å². The average molecular weight is 468 g/mol. The highest BCUT2D eigenvalue weighted by atomic mass is 127. The Kier molecular flexibility index (Phi) is 4.63. The first kappa shape index (κ1) is 16.8. The molecule has 1 N–H and O–H groups in total. The van der Waals surface area contributed by atoms with Crippen molar-refractivity contribution < 1.29 is 9.13 Å². The minimum absolute atomic E-state index is 0.229. The van der Waals surface area contributed by atoms with Gasteiger partial charge in [-0.2, -0.15) is 0 Å². The maximum atomic E-state index is 14.3. The highest BCUT2D eigenvalue weighted by Gasteiger charge is 2.19. The predicted octanol–water partition coefficient (Wildman–Crippen LogP) is 4.04. The summed E-state index contributed by atoms with van der Waals surface area (Å²) in [7, 11) is 0. The zero-order valence-corrected chi connectivity index (χ0v) is 16.3. The van der Waals surface area contributed by atoms with E-state index in [2.05, 4.69) is 42.9 Å². The summed E-state index contributed by atoms with van der Waals surface area (Å²) in [4.78, 5) is 13.3. The van der Waals surface area contributed by atoms with E-state index < -0.39 is 0 Å². The summed E-state index contributed by atoms with van der Waals surface area (Å²) in [5.41, 5.74) is 2.41. The number of anilines is 1. The van der Waals surface area contributed by atoms with Crippen LogP contribution in [0.1, 0.15) is 11.1 Å². The highest BCUT2D eigenvalue weighted by Crippen LogP contribution is 2.31. The van der Waals surface area contributed by atoms with Crippen LogP contribution >= 0.6 is 34.4 Å². The maximum Gasteiger partial charge on any atom is 0.187 e. The third kappa shape index (κ3) is 3.12. The van der Waals surface area contributed by atoms with Gasteiger partial charge in [0.15, 0.2) is 5.16 Å². The van der Waals surface area contributed by atoms with Gasteiger partial charge in [-0.15, -0.1) is 0 Å². The molecule has 3 heterocycles. The summed E-state index contributed by atoms with van der Waals surface area (Å²) in [6, 6.07) is 3.14. The SMILES string of the molecule is CSc1ncc2c(NCc3c(F)ccc4c3CCO4)ncc(I)c2n1. The fourth-order valence-electron chi connectivity index (χ4n) is 2.89. The number of fused-ring (bicyclic) bond motifs is 2. The molecular weight excluding hydrogens is 454 g/mol. The second-order valence-corrected chi connectivity index (χ2v) is 7.46. The van der Waals surface area contributed by atoms with Crippen LogP contribution in [0.5, 0.6) is 5.75 Å². The number of hydrogen-bond donors (Lipinski definition) is 1. The molecule has 0 fully saturated rings. The van der Waals surface area contributed by atoms with E-state index in [4.69, 9.17) is 4.74 Å². The van der Waals surface area contributed by atoms with Gasteiger partial charge in [0.2, 0.25) is 0 Å². The fourth-order valence-corrected chi connectivity index (χ4v) is 3.78. The van der Waals surface area contributed by atoms with Crippen LogP contribution in [0.4, 0.5) is 10.2 Å². The van der Waals surface area contributed by atoms with Crippen LogP contribution < -0.4 is 10.1 Å². The molecule has 1 aliphatic rings. The van der Waals surface area contributed by atoms with Crippen LogP contribution in [-0.2, 0) is 13.0 Å². The van der Waals surface area contributed by atoms with E-state index in [-0.39, 0.29) is 5.82 Å². The topological polar surface area (TPSA) is 59.9 Å². The molecule has 5 nitrogen and oxygen atoms in total. The first-order valence-corrected chi connectivity index (χ1v) is 10.00. The molecule has 0 unspecified atom stereocenters. The predicted molar refractivity (Wildman–Crippen MR) is 105 cm³/mol. The Morgan fingerprint density at radius 2 is 2.20 bits per heavy atom. The molecule has 4 rings (SSSR count). The van der Waals surface area contributed by atoms with Crippen LogP contribution in [0.15, 0.2) is 29.7 Å². The van der Waals surface area contributed by atoms with E-state index in [9.17, 15) is 4.39 Å². The lowest BCUT2D eigenvalue weighted by Gasteiger charge is -2.12. The van der Waals surface area contributed by atoms with Gasteiger partial charge < -0.3 is 10.1 Å². The standard InChI is InChI=1S/C17H14FIN4OS/c1-25-17-22-7-11-15(23-17)13(19)8-21-16(11)20-6-10-9-4-5-24-14(9)3-2-12(10)18/h2-3,7-8H,4-6H2,1H3,(H,20,21). The smallest absolute Gasteiger partial charge is 0.187 e. The van der Waals surface area contributed by atoms with Crippen LogP contribution in [-0.4, -0.2) is 27.8 Å². The normalized spacial score (nSPS) is 12.9. The first-order chi connectivity index (χ1) is 12.2. The summed E-state index contributed by atoms with van der Waals surface area (Å²) in [5.74, 6) is 1.19. The van der Waals surface area contributed by atoms with Gasteiger partial charge in [-0.1, -0.05) is 11.8 Å². The van der Waals surface area contributed by atoms with Gasteiger partial charge in [-0.05, 0) is 41.0 Å². The van der Waals surface area contributed by atoms with E-state index in [0.29, 0.717) is 29.7 Å². The number of pyridine rings is 1. The second-order valence-electron chi connectivity index (χ2n) is 5.53. The zero-order valence-electron chi connectivity index (χ0n) is 13.3. The Hall–Kier alpha value is -1.68. The number of nitrogens with zero attached hydrogens (tertiary/aromatic N) is 3. The molecule has 8 heteroatoms. The van der Waals surface area contributed by atoms with Crippen LogP contribution in [0, 0.1) is 9.39 Å². The molecule has 0 amide bonds. The van der Waals surface area contributed by atoms with E-state index in [0.717, 1.165) is 32.2 Å². The monoisotopic (exact) mass is 468 g/mol. The van der Waals surface area contributed by atoms with Gasteiger partial charge in [-0.25, -0.2) is 19.3 Å². The van der Waals surface area contributed by atoms with Crippen molar-refractivity contribution in [3.05, 3.63) is 45.0 Å². The molecule has 0 radical (unpaired) electrons. The molecule has 0 bridgehead atoms. The number of nitrogens with one attached hydrogen (secondary N) is 1. The van der Waals surface area contributed by atoms with Crippen molar-refractivity contribution in [2.75, 3.05) is 18.2 Å². The van der Waals surface area contributed by atoms with Crippen molar-refractivity contribution in [2.45, 2.75) is 18.1 Å². The molecule has 3 aromatic rings. The Morgan fingerprint density at radius 3 is 3.04 bits per heavy atom. The Bertz CT molecular complexity index is 969. The Labute approximate surface area is 161 Å². The summed E-state index contributed by atoms with van der Waals surface area (Å²) in [5, 5.41) is 4.78. The lowest BCUT2D eigenvalue weighted by Crippen LogP contribution is -2.07. The van der Waals surface area contributed by atoms with Gasteiger partial charge in [-0.3, -0.25) is 0 Å². The zero-order chi connectivity index (χ0) is 17.4. The Balaban J connectivity index is 1.69.